The van der Waals surface area contributed by atoms with E-state index < -0.39 is 6.10 Å². The van der Waals surface area contributed by atoms with E-state index in [1.54, 1.807) is 0 Å². The van der Waals surface area contributed by atoms with Crippen molar-refractivity contribution in [1.29, 1.82) is 0 Å². The first kappa shape index (κ1) is 75.2. The fourth-order valence-electron chi connectivity index (χ4n) is 7.91. The van der Waals surface area contributed by atoms with Gasteiger partial charge in [0, 0.05) is 19.3 Å². The van der Waals surface area contributed by atoms with Crippen LogP contribution in [0.3, 0.4) is 0 Å². The molecule has 6 heteroatoms. The van der Waals surface area contributed by atoms with Gasteiger partial charge in [0.15, 0.2) is 6.10 Å². The second kappa shape index (κ2) is 66.8. The molecule has 450 valence electrons. The molecule has 0 aromatic rings. The average molecular weight is 1110 g/mol. The van der Waals surface area contributed by atoms with Gasteiger partial charge in [0.05, 0.1) is 0 Å². The molecule has 0 spiro atoms. The van der Waals surface area contributed by atoms with Gasteiger partial charge >= 0.3 is 17.9 Å². The van der Waals surface area contributed by atoms with Crippen LogP contribution in [0.15, 0.2) is 194 Å². The molecule has 1 atom stereocenters. The number of hydrogen-bond donors (Lipinski definition) is 0. The van der Waals surface area contributed by atoms with E-state index in [2.05, 4.69) is 215 Å². The topological polar surface area (TPSA) is 78.9 Å². The Labute approximate surface area is 497 Å². The van der Waals surface area contributed by atoms with Crippen LogP contribution in [0.1, 0.15) is 239 Å². The Morgan fingerprint density at radius 1 is 0.247 bits per heavy atom. The van der Waals surface area contributed by atoms with E-state index in [0.717, 1.165) is 199 Å². The number of rotatable bonds is 55. The van der Waals surface area contributed by atoms with Gasteiger partial charge in [0.2, 0.25) is 0 Å². The monoisotopic (exact) mass is 1110 g/mol. The van der Waals surface area contributed by atoms with Crippen LogP contribution in [0.4, 0.5) is 0 Å². The maximum Gasteiger partial charge on any atom is 0.306 e. The first-order valence-electron chi connectivity index (χ1n) is 31.9. The standard InChI is InChI=1S/C75H114O6/c1-4-7-10-13-16-19-22-25-28-31-33-35-37-39-41-44-47-50-53-56-59-62-65-68-74(77)80-71-72(70-79-73(76)67-64-61-58-55-52-49-46-43-30-27-24-21-18-15-12-9-6-3)81-75(78)69-66-63-60-57-54-51-48-45-42-40-38-36-34-32-29-26-23-20-17-14-11-8-5-2/h7-12,16-21,25-30,33-36,39-42,46-51,72H,4-6,13-15,22-24,31-32,37-38,43-45,52-71H2,1-3H3/b10-7-,11-8-,12-9-,19-16-,20-17-,21-18-,28-25-,29-26-,30-27-,35-33-,36-34-,41-39-,42-40-,49-46-,50-47-,51-48-. The smallest absolute Gasteiger partial charge is 0.306 e. The summed E-state index contributed by atoms with van der Waals surface area (Å²) in [5, 5.41) is 0. The molecular weight excluding hydrogens is 997 g/mol. The van der Waals surface area contributed by atoms with Gasteiger partial charge in [0.1, 0.15) is 13.2 Å². The molecule has 0 radical (unpaired) electrons. The highest BCUT2D eigenvalue weighted by Crippen LogP contribution is 2.13. The Morgan fingerprint density at radius 2 is 0.444 bits per heavy atom. The lowest BCUT2D eigenvalue weighted by atomic mass is 10.1. The van der Waals surface area contributed by atoms with Gasteiger partial charge < -0.3 is 14.2 Å². The lowest BCUT2D eigenvalue weighted by Crippen LogP contribution is -2.30. The van der Waals surface area contributed by atoms with Gasteiger partial charge in [-0.25, -0.2) is 0 Å². The Kier molecular flexibility index (Phi) is 62.0. The van der Waals surface area contributed by atoms with Gasteiger partial charge in [0.25, 0.3) is 0 Å². The zero-order valence-electron chi connectivity index (χ0n) is 51.5. The van der Waals surface area contributed by atoms with E-state index in [1.165, 1.54) is 0 Å². The Morgan fingerprint density at radius 3 is 0.679 bits per heavy atom. The van der Waals surface area contributed by atoms with Gasteiger partial charge in [-0.05, 0) is 161 Å². The van der Waals surface area contributed by atoms with Crippen molar-refractivity contribution in [1.82, 2.24) is 0 Å². The number of hydrogen-bond acceptors (Lipinski definition) is 6. The molecule has 0 aliphatic heterocycles. The summed E-state index contributed by atoms with van der Waals surface area (Å²) in [4.78, 5) is 38.4. The highest BCUT2D eigenvalue weighted by Gasteiger charge is 2.19. The molecule has 0 rings (SSSR count). The largest absolute Gasteiger partial charge is 0.462 e. The quantitative estimate of drug-likeness (QED) is 0.0261. The molecular formula is C75H114O6. The molecule has 6 nitrogen and oxygen atoms in total. The SMILES string of the molecule is CC/C=C\C/C=C\C/C=C\C/C=C\C/C=C\C/C=C\CCCCCCC(=O)OCC(COC(=O)CCCCCC/C=C\C/C=C\C/C=C\C/C=C\CC)OC(=O)CCCCCC/C=C\C/C=C\C/C=C\C/C=C\C/C=C\C/C=C\CC. The van der Waals surface area contributed by atoms with Crippen LogP contribution < -0.4 is 0 Å². The predicted octanol–water partition coefficient (Wildman–Crippen LogP) is 22.2. The van der Waals surface area contributed by atoms with Crippen molar-refractivity contribution < 1.29 is 28.6 Å². The summed E-state index contributed by atoms with van der Waals surface area (Å²) in [6.07, 6.45) is 101. The van der Waals surface area contributed by atoms with Gasteiger partial charge in [-0.1, -0.05) is 254 Å². The van der Waals surface area contributed by atoms with Crippen molar-refractivity contribution in [2.45, 2.75) is 245 Å². The van der Waals surface area contributed by atoms with Crippen LogP contribution in [0, 0.1) is 0 Å². The van der Waals surface area contributed by atoms with Crippen molar-refractivity contribution in [3.63, 3.8) is 0 Å². The summed E-state index contributed by atoms with van der Waals surface area (Å²) in [7, 11) is 0. The maximum absolute atomic E-state index is 12.9. The van der Waals surface area contributed by atoms with Gasteiger partial charge in [-0.3, -0.25) is 14.4 Å². The fraction of sp³-hybridized carbons (Fsp3) is 0.533. The van der Waals surface area contributed by atoms with E-state index in [1.807, 2.05) is 0 Å². The highest BCUT2D eigenvalue weighted by atomic mass is 16.6. The van der Waals surface area contributed by atoms with E-state index in [4.69, 9.17) is 14.2 Å². The molecule has 0 saturated heterocycles. The van der Waals surface area contributed by atoms with Crippen LogP contribution >= 0.6 is 0 Å². The molecule has 1 unspecified atom stereocenters. The minimum absolute atomic E-state index is 0.121. The summed E-state index contributed by atoms with van der Waals surface area (Å²) in [6, 6.07) is 0. The van der Waals surface area contributed by atoms with Crippen molar-refractivity contribution in [2.75, 3.05) is 13.2 Å². The Bertz CT molecular complexity index is 1950. The number of ether oxygens (including phenoxy) is 3. The number of esters is 3. The maximum atomic E-state index is 12.9. The third-order valence-corrected chi connectivity index (χ3v) is 12.6. The van der Waals surface area contributed by atoms with E-state index in [9.17, 15) is 14.4 Å². The average Bonchev–Trinajstić information content (AvgIpc) is 3.47. The molecule has 0 aliphatic rings. The molecule has 0 aromatic heterocycles. The first-order valence-corrected chi connectivity index (χ1v) is 31.9. The van der Waals surface area contributed by atoms with Crippen LogP contribution in [-0.2, 0) is 28.6 Å². The zero-order valence-corrected chi connectivity index (χ0v) is 51.5. The summed E-state index contributed by atoms with van der Waals surface area (Å²) in [5.74, 6) is -1.00. The van der Waals surface area contributed by atoms with Crippen LogP contribution in [0.2, 0.25) is 0 Å². The molecule has 0 bridgehead atoms. The minimum atomic E-state index is -0.828. The Hall–Kier alpha value is -5.75. The first-order chi connectivity index (χ1) is 40.0. The second-order valence-corrected chi connectivity index (χ2v) is 20.2. The summed E-state index contributed by atoms with van der Waals surface area (Å²) in [6.45, 7) is 6.22. The normalized spacial score (nSPS) is 13.5. The number of carbonyl (C=O) groups is 3. The van der Waals surface area contributed by atoms with Gasteiger partial charge in [-0.2, -0.15) is 0 Å². The number of carbonyl (C=O) groups excluding carboxylic acids is 3. The molecule has 0 saturated carbocycles. The molecule has 0 amide bonds. The number of allylic oxidation sites excluding steroid dienone is 32. The lowest BCUT2D eigenvalue weighted by Gasteiger charge is -2.18. The summed E-state index contributed by atoms with van der Waals surface area (Å²) in [5.41, 5.74) is 0. The van der Waals surface area contributed by atoms with Crippen molar-refractivity contribution in [3.05, 3.63) is 194 Å². The van der Waals surface area contributed by atoms with E-state index in [0.29, 0.717) is 12.8 Å². The second-order valence-electron chi connectivity index (χ2n) is 20.2. The molecule has 0 heterocycles. The highest BCUT2D eigenvalue weighted by molar-refractivity contribution is 5.71. The van der Waals surface area contributed by atoms with Crippen molar-refractivity contribution in [3.8, 4) is 0 Å². The molecule has 81 heavy (non-hydrogen) atoms. The van der Waals surface area contributed by atoms with E-state index >= 15 is 0 Å². The van der Waals surface area contributed by atoms with E-state index in [-0.39, 0.29) is 37.5 Å². The molecule has 0 fully saturated rings. The minimum Gasteiger partial charge on any atom is -0.462 e. The molecule has 0 aliphatic carbocycles. The van der Waals surface area contributed by atoms with Crippen molar-refractivity contribution in [2.24, 2.45) is 0 Å². The third kappa shape index (κ3) is 64.9. The zero-order chi connectivity index (χ0) is 58.5. The number of unbranched alkanes of at least 4 members (excludes halogenated alkanes) is 12. The van der Waals surface area contributed by atoms with Crippen LogP contribution in [-0.4, -0.2) is 37.2 Å². The van der Waals surface area contributed by atoms with Crippen LogP contribution in [0.5, 0.6) is 0 Å². The fourth-order valence-corrected chi connectivity index (χ4v) is 7.91. The summed E-state index contributed by atoms with van der Waals surface area (Å²) < 4.78 is 16.9. The molecule has 0 aromatic carbocycles. The predicted molar refractivity (Wildman–Crippen MR) is 352 cm³/mol. The molecule has 0 N–H and O–H groups in total. The van der Waals surface area contributed by atoms with Gasteiger partial charge in [-0.15, -0.1) is 0 Å². The third-order valence-electron chi connectivity index (χ3n) is 12.6. The van der Waals surface area contributed by atoms with Crippen LogP contribution in [0.25, 0.3) is 0 Å². The lowest BCUT2D eigenvalue weighted by molar-refractivity contribution is -0.167. The van der Waals surface area contributed by atoms with Crippen molar-refractivity contribution >= 4 is 17.9 Å². The Balaban J connectivity index is 4.58. The summed E-state index contributed by atoms with van der Waals surface area (Å²) >= 11 is 0.